The Balaban J connectivity index is 0.000000292. The van der Waals surface area contributed by atoms with E-state index in [1.54, 1.807) is 12.1 Å². The summed E-state index contributed by atoms with van der Waals surface area (Å²) in [6.07, 6.45) is 0. The topological polar surface area (TPSA) is 0 Å². The van der Waals surface area contributed by atoms with Gasteiger partial charge in [0.25, 0.3) is 0 Å². The van der Waals surface area contributed by atoms with Crippen molar-refractivity contribution in [2.75, 3.05) is 0 Å². The summed E-state index contributed by atoms with van der Waals surface area (Å²) in [7, 11) is 0. The normalized spacial score (nSPS) is 10.4. The molecule has 0 aliphatic rings. The highest BCUT2D eigenvalue weighted by molar-refractivity contribution is 9.08. The molecule has 0 N–H and O–H groups in total. The number of benzene rings is 1. The summed E-state index contributed by atoms with van der Waals surface area (Å²) in [5, 5.41) is 0.785. The molecule has 80 valence electrons. The monoisotopic (exact) mass is 268 g/mol. The van der Waals surface area contributed by atoms with Crippen molar-refractivity contribution >= 4 is 15.9 Å². The molecule has 0 saturated carbocycles. The standard InChI is InChI=1S/C7H6BrF.C3H6F2/c8-5-6-1-3-7(9)4-2-6;1-3(2,4)5/h1-4H,5H2;1-2H3. The molecule has 0 heterocycles. The Bertz CT molecular complexity index is 245. The molecule has 1 aromatic rings. The van der Waals surface area contributed by atoms with Crippen LogP contribution in [0.2, 0.25) is 0 Å². The molecule has 0 nitrogen and oxygen atoms in total. The van der Waals surface area contributed by atoms with E-state index in [-0.39, 0.29) is 5.82 Å². The number of alkyl halides is 3. The fourth-order valence-corrected chi connectivity index (χ4v) is 0.947. The van der Waals surface area contributed by atoms with Gasteiger partial charge in [-0.3, -0.25) is 0 Å². The van der Waals surface area contributed by atoms with Gasteiger partial charge in [0.2, 0.25) is 5.92 Å². The zero-order valence-corrected chi connectivity index (χ0v) is 9.61. The van der Waals surface area contributed by atoms with Crippen LogP contribution in [0.25, 0.3) is 0 Å². The highest BCUT2D eigenvalue weighted by Crippen LogP contribution is 2.06. The van der Waals surface area contributed by atoms with Crippen LogP contribution in [0, 0.1) is 5.82 Å². The highest BCUT2D eigenvalue weighted by Gasteiger charge is 2.08. The van der Waals surface area contributed by atoms with Gasteiger partial charge in [0.1, 0.15) is 5.82 Å². The van der Waals surface area contributed by atoms with Crippen LogP contribution in [0.3, 0.4) is 0 Å². The molecule has 0 spiro atoms. The zero-order chi connectivity index (χ0) is 11.2. The molecule has 0 unspecified atom stereocenters. The summed E-state index contributed by atoms with van der Waals surface area (Å²) in [5.74, 6) is -2.68. The first-order valence-corrected chi connectivity index (χ1v) is 5.13. The van der Waals surface area contributed by atoms with Crippen molar-refractivity contribution in [3.63, 3.8) is 0 Å². The minimum atomic E-state index is -2.50. The molecule has 0 saturated heterocycles. The molecule has 0 aromatic heterocycles. The third-order valence-corrected chi connectivity index (χ3v) is 1.72. The van der Waals surface area contributed by atoms with Crippen LogP contribution in [0.4, 0.5) is 13.2 Å². The fourth-order valence-electron chi connectivity index (χ4n) is 0.573. The lowest BCUT2D eigenvalue weighted by Gasteiger charge is -1.94. The lowest BCUT2D eigenvalue weighted by atomic mass is 10.2. The van der Waals surface area contributed by atoms with Crippen LogP contribution in [0.5, 0.6) is 0 Å². The van der Waals surface area contributed by atoms with Gasteiger partial charge < -0.3 is 0 Å². The van der Waals surface area contributed by atoms with Gasteiger partial charge in [-0.1, -0.05) is 28.1 Å². The Hall–Kier alpha value is -0.510. The van der Waals surface area contributed by atoms with Crippen molar-refractivity contribution in [2.45, 2.75) is 25.1 Å². The summed E-state index contributed by atoms with van der Waals surface area (Å²) in [6.45, 7) is 1.71. The average Bonchev–Trinajstić information content (AvgIpc) is 2.03. The fraction of sp³-hybridized carbons (Fsp3) is 0.400. The molecule has 0 aliphatic carbocycles. The Morgan fingerprint density at radius 1 is 1.14 bits per heavy atom. The van der Waals surface area contributed by atoms with Crippen LogP contribution in [-0.2, 0) is 5.33 Å². The minimum Gasteiger partial charge on any atom is -0.208 e. The van der Waals surface area contributed by atoms with Gasteiger partial charge in [-0.05, 0) is 31.5 Å². The van der Waals surface area contributed by atoms with Crippen LogP contribution >= 0.6 is 15.9 Å². The van der Waals surface area contributed by atoms with Crippen LogP contribution in [0.1, 0.15) is 19.4 Å². The van der Waals surface area contributed by atoms with Crippen molar-refractivity contribution < 1.29 is 13.2 Å². The van der Waals surface area contributed by atoms with E-state index in [1.807, 2.05) is 0 Å². The number of rotatable bonds is 1. The van der Waals surface area contributed by atoms with Gasteiger partial charge in [0.15, 0.2) is 0 Å². The maximum Gasteiger partial charge on any atom is 0.242 e. The molecule has 14 heavy (non-hydrogen) atoms. The highest BCUT2D eigenvalue weighted by atomic mass is 79.9. The van der Waals surface area contributed by atoms with E-state index < -0.39 is 5.92 Å². The summed E-state index contributed by atoms with van der Waals surface area (Å²) < 4.78 is 34.2. The molecule has 1 rings (SSSR count). The van der Waals surface area contributed by atoms with Gasteiger partial charge in [-0.2, -0.15) is 0 Å². The molecular formula is C10H12BrF3. The molecule has 0 radical (unpaired) electrons. The number of halogens is 4. The maximum atomic E-state index is 12.2. The van der Waals surface area contributed by atoms with E-state index in [9.17, 15) is 13.2 Å². The van der Waals surface area contributed by atoms with Crippen molar-refractivity contribution in [1.29, 1.82) is 0 Å². The molecule has 0 bridgehead atoms. The van der Waals surface area contributed by atoms with E-state index in [2.05, 4.69) is 15.9 Å². The minimum absolute atomic E-state index is 0.181. The SMILES string of the molecule is CC(C)(F)F.Fc1ccc(CBr)cc1. The molecule has 0 amide bonds. The molecule has 1 aromatic carbocycles. The van der Waals surface area contributed by atoms with E-state index in [4.69, 9.17) is 0 Å². The van der Waals surface area contributed by atoms with Crippen molar-refractivity contribution in [3.05, 3.63) is 35.6 Å². The van der Waals surface area contributed by atoms with Crippen molar-refractivity contribution in [1.82, 2.24) is 0 Å². The Morgan fingerprint density at radius 2 is 1.50 bits per heavy atom. The molecule has 0 aliphatic heterocycles. The van der Waals surface area contributed by atoms with Gasteiger partial charge >= 0.3 is 0 Å². The van der Waals surface area contributed by atoms with E-state index in [0.29, 0.717) is 0 Å². The van der Waals surface area contributed by atoms with E-state index >= 15 is 0 Å². The second-order valence-corrected chi connectivity index (χ2v) is 3.65. The summed E-state index contributed by atoms with van der Waals surface area (Å²) in [5.41, 5.74) is 1.09. The van der Waals surface area contributed by atoms with Crippen molar-refractivity contribution in [2.24, 2.45) is 0 Å². The van der Waals surface area contributed by atoms with Crippen LogP contribution in [0.15, 0.2) is 24.3 Å². The number of hydrogen-bond acceptors (Lipinski definition) is 0. The quantitative estimate of drug-likeness (QED) is 0.663. The molecule has 4 heteroatoms. The van der Waals surface area contributed by atoms with Crippen LogP contribution in [-0.4, -0.2) is 5.92 Å². The third-order valence-electron chi connectivity index (χ3n) is 1.07. The first kappa shape index (κ1) is 13.5. The summed E-state index contributed by atoms with van der Waals surface area (Å²) >= 11 is 3.26. The lowest BCUT2D eigenvalue weighted by Crippen LogP contribution is -1.98. The summed E-state index contributed by atoms with van der Waals surface area (Å²) in [6, 6.07) is 6.42. The third kappa shape index (κ3) is 9.58. The van der Waals surface area contributed by atoms with E-state index in [1.165, 1.54) is 12.1 Å². The van der Waals surface area contributed by atoms with Gasteiger partial charge in [0, 0.05) is 5.33 Å². The second-order valence-electron chi connectivity index (χ2n) is 3.09. The molecular weight excluding hydrogens is 257 g/mol. The lowest BCUT2D eigenvalue weighted by molar-refractivity contribution is 0.0437. The van der Waals surface area contributed by atoms with Crippen LogP contribution < -0.4 is 0 Å². The molecule has 0 atom stereocenters. The number of hydrogen-bond donors (Lipinski definition) is 0. The van der Waals surface area contributed by atoms with Gasteiger partial charge in [-0.25, -0.2) is 13.2 Å². The smallest absolute Gasteiger partial charge is 0.208 e. The largest absolute Gasteiger partial charge is 0.242 e. The van der Waals surface area contributed by atoms with E-state index in [0.717, 1.165) is 24.7 Å². The van der Waals surface area contributed by atoms with Gasteiger partial charge in [-0.15, -0.1) is 0 Å². The maximum absolute atomic E-state index is 12.2. The first-order valence-electron chi connectivity index (χ1n) is 4.01. The Labute approximate surface area is 90.3 Å². The summed E-state index contributed by atoms with van der Waals surface area (Å²) in [4.78, 5) is 0. The van der Waals surface area contributed by atoms with Crippen molar-refractivity contribution in [3.8, 4) is 0 Å². The Morgan fingerprint density at radius 3 is 1.79 bits per heavy atom. The molecule has 0 fully saturated rings. The average molecular weight is 269 g/mol. The first-order chi connectivity index (χ1) is 6.33. The zero-order valence-electron chi connectivity index (χ0n) is 8.03. The Kier molecular flexibility index (Phi) is 5.84. The van der Waals surface area contributed by atoms with Gasteiger partial charge in [0.05, 0.1) is 0 Å². The predicted octanol–water partition coefficient (Wildman–Crippen LogP) is 4.38. The second kappa shape index (κ2) is 6.06. The predicted molar refractivity (Wildman–Crippen MR) is 55.3 cm³/mol.